The van der Waals surface area contributed by atoms with E-state index in [4.69, 9.17) is 11.6 Å². The second-order valence-electron chi connectivity index (χ2n) is 4.44. The van der Waals surface area contributed by atoms with Gasteiger partial charge in [0.1, 0.15) is 0 Å². The highest BCUT2D eigenvalue weighted by atomic mass is 35.5. The van der Waals surface area contributed by atoms with Crippen LogP contribution in [0, 0.1) is 17.5 Å². The van der Waals surface area contributed by atoms with Gasteiger partial charge in [0.2, 0.25) is 0 Å². The molecule has 2 nitrogen and oxygen atoms in total. The second-order valence-corrected chi connectivity index (χ2v) is 4.88. The minimum absolute atomic E-state index is 0.159. The van der Waals surface area contributed by atoms with Crippen molar-refractivity contribution < 1.29 is 18.0 Å². The molecule has 0 saturated carbocycles. The van der Waals surface area contributed by atoms with Gasteiger partial charge in [-0.25, -0.2) is 13.2 Å². The molecule has 0 radical (unpaired) electrons. The van der Waals surface area contributed by atoms with Gasteiger partial charge >= 0.3 is 0 Å². The third-order valence-electron chi connectivity index (χ3n) is 3.17. The van der Waals surface area contributed by atoms with E-state index in [-0.39, 0.29) is 5.56 Å². The fourth-order valence-corrected chi connectivity index (χ4v) is 2.30. The molecular formula is C15H7ClF3NO. The van der Waals surface area contributed by atoms with Crippen LogP contribution in [0.3, 0.4) is 0 Å². The number of carbonyl (C=O) groups excluding carboxylic acids is 1. The van der Waals surface area contributed by atoms with Crippen LogP contribution in [0.4, 0.5) is 13.2 Å². The van der Waals surface area contributed by atoms with Gasteiger partial charge in [0.15, 0.2) is 23.2 Å². The first kappa shape index (κ1) is 13.7. The molecular weight excluding hydrogens is 303 g/mol. The fourth-order valence-electron chi connectivity index (χ4n) is 2.13. The molecule has 0 bridgehead atoms. The summed E-state index contributed by atoms with van der Waals surface area (Å²) in [5.41, 5.74) is 0.227. The number of ketones is 1. The molecule has 0 fully saturated rings. The average Bonchev–Trinajstić information content (AvgIpc) is 2.87. The van der Waals surface area contributed by atoms with Crippen LogP contribution >= 0.6 is 11.6 Å². The van der Waals surface area contributed by atoms with E-state index in [2.05, 4.69) is 4.98 Å². The average molecular weight is 310 g/mol. The quantitative estimate of drug-likeness (QED) is 0.550. The number of aromatic nitrogens is 1. The van der Waals surface area contributed by atoms with E-state index in [9.17, 15) is 18.0 Å². The van der Waals surface area contributed by atoms with Crippen molar-refractivity contribution in [1.29, 1.82) is 0 Å². The molecule has 3 aromatic rings. The van der Waals surface area contributed by atoms with Crippen LogP contribution in [0.2, 0.25) is 5.02 Å². The zero-order valence-corrected chi connectivity index (χ0v) is 11.1. The number of carbonyl (C=O) groups is 1. The number of H-pyrrole nitrogens is 1. The smallest absolute Gasteiger partial charge is 0.198 e. The van der Waals surface area contributed by atoms with Crippen LogP contribution in [0.1, 0.15) is 15.9 Å². The molecule has 2 aromatic carbocycles. The minimum atomic E-state index is -1.66. The summed E-state index contributed by atoms with van der Waals surface area (Å²) in [7, 11) is 0. The zero-order chi connectivity index (χ0) is 15.1. The lowest BCUT2D eigenvalue weighted by Gasteiger charge is -2.03. The lowest BCUT2D eigenvalue weighted by Crippen LogP contribution is -2.06. The van der Waals surface area contributed by atoms with Crippen LogP contribution in [0.15, 0.2) is 36.5 Å². The Hall–Kier alpha value is -2.27. The van der Waals surface area contributed by atoms with Crippen molar-refractivity contribution >= 4 is 28.3 Å². The molecule has 3 rings (SSSR count). The molecule has 0 aliphatic rings. The van der Waals surface area contributed by atoms with Crippen molar-refractivity contribution in [1.82, 2.24) is 4.98 Å². The Morgan fingerprint density at radius 2 is 1.76 bits per heavy atom. The minimum Gasteiger partial charge on any atom is -0.360 e. The molecule has 0 aliphatic carbocycles. The largest absolute Gasteiger partial charge is 0.360 e. The van der Waals surface area contributed by atoms with Gasteiger partial charge < -0.3 is 4.98 Å². The van der Waals surface area contributed by atoms with Crippen molar-refractivity contribution in [2.75, 3.05) is 0 Å². The summed E-state index contributed by atoms with van der Waals surface area (Å²) in [6.45, 7) is 0. The van der Waals surface area contributed by atoms with Crippen LogP contribution in [0.5, 0.6) is 0 Å². The number of halogens is 4. The van der Waals surface area contributed by atoms with Crippen molar-refractivity contribution in [2.45, 2.75) is 0 Å². The first-order valence-corrected chi connectivity index (χ1v) is 6.31. The number of hydrogen-bond donors (Lipinski definition) is 1. The van der Waals surface area contributed by atoms with E-state index in [1.54, 1.807) is 18.2 Å². The highest BCUT2D eigenvalue weighted by Crippen LogP contribution is 2.25. The van der Waals surface area contributed by atoms with Gasteiger partial charge in [-0.1, -0.05) is 17.7 Å². The summed E-state index contributed by atoms with van der Waals surface area (Å²) < 4.78 is 39.9. The third-order valence-corrected chi connectivity index (χ3v) is 3.40. The summed E-state index contributed by atoms with van der Waals surface area (Å²) in [5, 5.41) is 0.996. The van der Waals surface area contributed by atoms with Gasteiger partial charge in [-0.15, -0.1) is 0 Å². The number of benzene rings is 2. The van der Waals surface area contributed by atoms with Crippen LogP contribution < -0.4 is 0 Å². The maximum absolute atomic E-state index is 13.7. The second kappa shape index (κ2) is 4.93. The summed E-state index contributed by atoms with van der Waals surface area (Å²) in [5.74, 6) is -5.23. The molecule has 0 atom stereocenters. The first-order chi connectivity index (χ1) is 9.99. The Morgan fingerprint density at radius 3 is 2.52 bits per heavy atom. The molecule has 0 aliphatic heterocycles. The Balaban J connectivity index is 2.15. The van der Waals surface area contributed by atoms with Gasteiger partial charge in [0, 0.05) is 27.7 Å². The number of aromatic amines is 1. The van der Waals surface area contributed by atoms with E-state index in [0.717, 1.165) is 12.1 Å². The Kier molecular flexibility index (Phi) is 3.22. The molecule has 106 valence electrons. The maximum Gasteiger partial charge on any atom is 0.198 e. The van der Waals surface area contributed by atoms with Gasteiger partial charge in [-0.2, -0.15) is 0 Å². The molecule has 0 unspecified atom stereocenters. The van der Waals surface area contributed by atoms with Crippen molar-refractivity contribution in [3.8, 4) is 0 Å². The highest BCUT2D eigenvalue weighted by molar-refractivity contribution is 6.31. The first-order valence-electron chi connectivity index (χ1n) is 5.94. The van der Waals surface area contributed by atoms with Gasteiger partial charge in [-0.3, -0.25) is 4.79 Å². The van der Waals surface area contributed by atoms with Gasteiger partial charge in [0.05, 0.1) is 5.56 Å². The molecule has 1 aromatic heterocycles. The van der Waals surface area contributed by atoms with Crippen molar-refractivity contribution in [3.63, 3.8) is 0 Å². The van der Waals surface area contributed by atoms with E-state index in [1.807, 2.05) is 0 Å². The normalized spacial score (nSPS) is 11.0. The van der Waals surface area contributed by atoms with Crippen molar-refractivity contribution in [3.05, 3.63) is 70.1 Å². The van der Waals surface area contributed by atoms with Gasteiger partial charge in [-0.05, 0) is 24.3 Å². The number of nitrogens with one attached hydrogen (secondary N) is 1. The number of hydrogen-bond acceptors (Lipinski definition) is 1. The Morgan fingerprint density at radius 1 is 1.00 bits per heavy atom. The summed E-state index contributed by atoms with van der Waals surface area (Å²) >= 11 is 5.83. The predicted molar refractivity (Wildman–Crippen MR) is 73.1 cm³/mol. The highest BCUT2D eigenvalue weighted by Gasteiger charge is 2.22. The van der Waals surface area contributed by atoms with E-state index < -0.39 is 28.8 Å². The molecule has 0 amide bonds. The topological polar surface area (TPSA) is 32.9 Å². The SMILES string of the molecule is O=C(c1ccc(F)c(F)c1F)c1c[nH]c2cc(Cl)ccc12. The summed E-state index contributed by atoms with van der Waals surface area (Å²) in [4.78, 5) is 15.1. The summed E-state index contributed by atoms with van der Waals surface area (Å²) in [6, 6.07) is 6.42. The molecule has 0 saturated heterocycles. The fraction of sp³-hybridized carbons (Fsp3) is 0. The standard InChI is InChI=1S/C15H7ClF3NO/c16-7-1-2-8-10(6-20-12(8)5-7)15(21)9-3-4-11(17)14(19)13(9)18/h1-6,20H. The lowest BCUT2D eigenvalue weighted by atomic mass is 10.0. The monoisotopic (exact) mass is 309 g/mol. The van der Waals surface area contributed by atoms with E-state index in [1.165, 1.54) is 6.20 Å². The van der Waals surface area contributed by atoms with E-state index >= 15 is 0 Å². The van der Waals surface area contributed by atoms with Crippen LogP contribution in [-0.4, -0.2) is 10.8 Å². The summed E-state index contributed by atoms with van der Waals surface area (Å²) in [6.07, 6.45) is 1.38. The molecule has 0 spiro atoms. The predicted octanol–water partition coefficient (Wildman–Crippen LogP) is 4.47. The van der Waals surface area contributed by atoms with Gasteiger partial charge in [0.25, 0.3) is 0 Å². The Labute approximate surface area is 122 Å². The van der Waals surface area contributed by atoms with Crippen molar-refractivity contribution in [2.24, 2.45) is 0 Å². The maximum atomic E-state index is 13.7. The van der Waals surface area contributed by atoms with Crippen LogP contribution in [-0.2, 0) is 0 Å². The molecule has 1 N–H and O–H groups in total. The Bertz CT molecular complexity index is 873. The number of rotatable bonds is 2. The number of fused-ring (bicyclic) bond motifs is 1. The molecule has 21 heavy (non-hydrogen) atoms. The van der Waals surface area contributed by atoms with Crippen LogP contribution in [0.25, 0.3) is 10.9 Å². The van der Waals surface area contributed by atoms with E-state index in [0.29, 0.717) is 15.9 Å². The molecule has 6 heteroatoms. The molecule has 1 heterocycles. The zero-order valence-electron chi connectivity index (χ0n) is 10.4. The lowest BCUT2D eigenvalue weighted by molar-refractivity contribution is 0.103. The third kappa shape index (κ3) is 2.19.